The van der Waals surface area contributed by atoms with E-state index in [4.69, 9.17) is 0 Å². The van der Waals surface area contributed by atoms with E-state index in [2.05, 4.69) is 477 Å². The summed E-state index contributed by atoms with van der Waals surface area (Å²) in [6.45, 7) is 49.8. The Kier molecular flexibility index (Phi) is 17.7. The van der Waals surface area contributed by atoms with E-state index in [1.807, 2.05) is 0 Å². The first kappa shape index (κ1) is 79.4. The van der Waals surface area contributed by atoms with Crippen LogP contribution in [0.25, 0.3) is 132 Å². The summed E-state index contributed by atoms with van der Waals surface area (Å²) in [6, 6.07) is 118. The molecule has 0 spiro atoms. The van der Waals surface area contributed by atoms with E-state index in [0.29, 0.717) is 0 Å². The second kappa shape index (κ2) is 27.8. The highest BCUT2D eigenvalue weighted by molar-refractivity contribution is 7.00. The van der Waals surface area contributed by atoms with Gasteiger partial charge in [-0.25, -0.2) is 0 Å². The van der Waals surface area contributed by atoms with Crippen molar-refractivity contribution in [1.29, 1.82) is 0 Å². The highest BCUT2D eigenvalue weighted by Crippen LogP contribution is 2.54. The van der Waals surface area contributed by atoms with Gasteiger partial charge in [-0.2, -0.15) is 0 Å². The molecule has 0 saturated heterocycles. The maximum atomic E-state index is 2.75. The van der Waals surface area contributed by atoms with E-state index in [-0.39, 0.29) is 44.6 Å². The Morgan fingerprint density at radius 2 is 0.456 bits per heavy atom. The van der Waals surface area contributed by atoms with E-state index in [1.54, 1.807) is 0 Å². The van der Waals surface area contributed by atoms with Gasteiger partial charge in [0.15, 0.2) is 0 Å². The average Bonchev–Trinajstić information content (AvgIpc) is 1.65. The molecule has 0 aliphatic carbocycles. The first-order chi connectivity index (χ1) is 59.4. The zero-order valence-corrected chi connectivity index (χ0v) is 76.6. The fourth-order valence-corrected chi connectivity index (χ4v) is 20.5. The second-order valence-corrected chi connectivity index (χ2v) is 43.2. The predicted molar refractivity (Wildman–Crippen MR) is 540 cm³/mol. The van der Waals surface area contributed by atoms with Crippen molar-refractivity contribution in [2.45, 2.75) is 183 Å². The topological polar surface area (TPSA) is 26.2 Å². The molecule has 15 aromatic carbocycles. The molecule has 618 valence electrons. The Hall–Kier alpha value is -12.8. The third-order valence-electron chi connectivity index (χ3n) is 27.5. The maximum Gasteiger partial charge on any atom is 0.252 e. The van der Waals surface area contributed by atoms with Crippen LogP contribution in [0.4, 0.5) is 34.1 Å². The zero-order chi connectivity index (χ0) is 87.0. The minimum atomic E-state index is -0.346. The monoisotopic (exact) mass is 1620 g/mol. The Balaban J connectivity index is 0.909. The lowest BCUT2D eigenvalue weighted by atomic mass is 9.33. The molecule has 4 aromatic heterocycles. The normalized spacial score (nSPS) is 13.6. The summed E-state index contributed by atoms with van der Waals surface area (Å²) in [5.74, 6) is 0. The number of aromatic nitrogens is 4. The third kappa shape index (κ3) is 12.8. The van der Waals surface area contributed by atoms with Crippen LogP contribution in [-0.4, -0.2) is 25.0 Å². The summed E-state index contributed by atoms with van der Waals surface area (Å²) in [5, 5.41) is 9.71. The summed E-state index contributed by atoms with van der Waals surface area (Å²) in [4.78, 5) is 5.50. The summed E-state index contributed by atoms with van der Waals surface area (Å²) in [5.41, 5.74) is 37.1. The Labute approximate surface area is 738 Å². The van der Waals surface area contributed by atoms with E-state index < -0.39 is 0 Å². The SMILES string of the molecule is CC(C)(C)c1cc(-c2cc(C(C)(C)C)ccc2N2c3cc(-n4c5ccccc5c5cc6c(cc54)c4ccccc4n6-c4ccccc4)ccc3B3c4ccc(-n5c6ccccc6c6cc7c(cc65)c5ccccc5n7-c5ccccc5)cc4N(c4ccc(C(C)(C)C)cc4-c4cc(C(C)(C)C)cc(C(C)(C)C)c4)c4cc(C(C)(C)C)cc2c43)cc(C(C)(C)C)c1. The lowest BCUT2D eigenvalue weighted by Crippen LogP contribution is -2.61. The molecule has 6 nitrogen and oxygen atoms in total. The van der Waals surface area contributed by atoms with Crippen LogP contribution in [0, 0.1) is 0 Å². The number of para-hydroxylation sites is 6. The Morgan fingerprint density at radius 3 is 0.752 bits per heavy atom. The average molecular weight is 1630 g/mol. The summed E-state index contributed by atoms with van der Waals surface area (Å²) >= 11 is 0. The lowest BCUT2D eigenvalue weighted by molar-refractivity contribution is 0.568. The van der Waals surface area contributed by atoms with Crippen molar-refractivity contribution in [2.75, 3.05) is 9.80 Å². The summed E-state index contributed by atoms with van der Waals surface area (Å²) in [7, 11) is 0. The number of nitrogens with zero attached hydrogens (tertiary/aromatic N) is 6. The minimum absolute atomic E-state index is 0.149. The quantitative estimate of drug-likeness (QED) is 0.142. The molecule has 0 N–H and O–H groups in total. The number of rotatable bonds is 8. The molecule has 0 atom stereocenters. The van der Waals surface area contributed by atoms with Gasteiger partial charge in [0.25, 0.3) is 6.71 Å². The van der Waals surface area contributed by atoms with E-state index in [1.165, 1.54) is 154 Å². The number of hydrogen-bond acceptors (Lipinski definition) is 2. The molecule has 19 aromatic rings. The van der Waals surface area contributed by atoms with Crippen molar-refractivity contribution < 1.29 is 0 Å². The van der Waals surface area contributed by atoms with E-state index >= 15 is 0 Å². The molecule has 2 aliphatic rings. The van der Waals surface area contributed by atoms with E-state index in [9.17, 15) is 0 Å². The van der Waals surface area contributed by atoms with Gasteiger partial charge in [0.2, 0.25) is 0 Å². The van der Waals surface area contributed by atoms with Gasteiger partial charge < -0.3 is 28.1 Å². The van der Waals surface area contributed by atoms with Gasteiger partial charge in [0.1, 0.15) is 0 Å². The fourth-order valence-electron chi connectivity index (χ4n) is 20.5. The lowest BCUT2D eigenvalue weighted by Gasteiger charge is -2.46. The standard InChI is InChI=1S/C118H113BN6/c1-112(2,3)74-48-54-101(89(62-74)72-56-76(114(7,8)9)60-77(57-72)115(10,11)12)124-107-66-83(122-99-46-34-30-42-87(99)93-68-103-91(70-105(93)122)85-40-28-32-44-97(85)120(103)81-36-24-22-25-37-81)50-52-95(107)119-96-53-51-84(123-100-47-35-31-43-88(100)94-69-104-92(71-106(94)123)86-41-29-33-45-98(86)121(104)82-38-26-23-27-39-82)67-108(96)125(110-65-80(118(19,20)21)64-109(124)111(110)119)102-55-49-75(113(4,5)6)63-90(102)73-58-78(116(13,14)15)61-79(59-73)117(16,17)18/h22-71H,1-21H3. The van der Waals surface area contributed by atoms with Gasteiger partial charge in [-0.3, -0.25) is 0 Å². The van der Waals surface area contributed by atoms with Crippen LogP contribution in [0.2, 0.25) is 0 Å². The number of benzene rings is 15. The predicted octanol–water partition coefficient (Wildman–Crippen LogP) is 30.6. The molecule has 21 rings (SSSR count). The van der Waals surface area contributed by atoms with Gasteiger partial charge in [0.05, 0.1) is 55.5 Å². The van der Waals surface area contributed by atoms with Crippen LogP contribution in [-0.2, 0) is 37.9 Å². The van der Waals surface area contributed by atoms with Crippen LogP contribution in [0.1, 0.15) is 184 Å². The van der Waals surface area contributed by atoms with Gasteiger partial charge >= 0.3 is 0 Å². The number of anilines is 6. The Bertz CT molecular complexity index is 7180. The molecule has 2 aliphatic heterocycles. The molecule has 0 saturated carbocycles. The van der Waals surface area contributed by atoms with Crippen molar-refractivity contribution in [3.05, 3.63) is 342 Å². The van der Waals surface area contributed by atoms with Crippen molar-refractivity contribution in [1.82, 2.24) is 18.3 Å². The first-order valence-electron chi connectivity index (χ1n) is 45.2. The van der Waals surface area contributed by atoms with Gasteiger partial charge in [-0.05, 0) is 238 Å². The van der Waals surface area contributed by atoms with Crippen molar-refractivity contribution in [2.24, 2.45) is 0 Å². The molecule has 125 heavy (non-hydrogen) atoms. The molecule has 6 heterocycles. The highest BCUT2D eigenvalue weighted by Gasteiger charge is 2.46. The van der Waals surface area contributed by atoms with Crippen molar-refractivity contribution >= 4 is 144 Å². The van der Waals surface area contributed by atoms with Crippen LogP contribution in [0.3, 0.4) is 0 Å². The summed E-state index contributed by atoms with van der Waals surface area (Å²) < 4.78 is 10.1. The molecule has 0 radical (unpaired) electrons. The van der Waals surface area contributed by atoms with Crippen LogP contribution >= 0.6 is 0 Å². The number of fused-ring (bicyclic) bond motifs is 16. The molecular weight excluding hydrogens is 1510 g/mol. The molecule has 0 unspecified atom stereocenters. The van der Waals surface area contributed by atoms with Crippen LogP contribution in [0.15, 0.2) is 303 Å². The fraction of sp³-hybridized carbons (Fsp3) is 0.237. The van der Waals surface area contributed by atoms with Gasteiger partial charge in [0, 0.05) is 99.7 Å². The summed E-state index contributed by atoms with van der Waals surface area (Å²) in [6.07, 6.45) is 0. The third-order valence-corrected chi connectivity index (χ3v) is 27.5. The maximum absolute atomic E-state index is 2.75. The molecule has 7 heteroatoms. The largest absolute Gasteiger partial charge is 0.311 e. The minimum Gasteiger partial charge on any atom is -0.311 e. The molecule has 0 amide bonds. The molecule has 0 fully saturated rings. The molecular formula is C118H113BN6. The van der Waals surface area contributed by atoms with Gasteiger partial charge in [-0.15, -0.1) is 0 Å². The van der Waals surface area contributed by atoms with Crippen molar-refractivity contribution in [3.8, 4) is 45.0 Å². The number of hydrogen-bond donors (Lipinski definition) is 0. The smallest absolute Gasteiger partial charge is 0.252 e. The van der Waals surface area contributed by atoms with Crippen LogP contribution in [0.5, 0.6) is 0 Å². The highest BCUT2D eigenvalue weighted by atomic mass is 15.2. The Morgan fingerprint density at radius 1 is 0.184 bits per heavy atom. The zero-order valence-electron chi connectivity index (χ0n) is 76.6. The first-order valence-corrected chi connectivity index (χ1v) is 45.2. The van der Waals surface area contributed by atoms with Crippen molar-refractivity contribution in [3.63, 3.8) is 0 Å². The second-order valence-electron chi connectivity index (χ2n) is 43.2. The van der Waals surface area contributed by atoms with E-state index in [0.717, 1.165) is 67.6 Å². The molecule has 0 bridgehead atoms. The van der Waals surface area contributed by atoms with Crippen LogP contribution < -0.4 is 26.2 Å². The van der Waals surface area contributed by atoms with Gasteiger partial charge in [-0.1, -0.05) is 315 Å².